The average molecular weight is 296 g/mol. The first kappa shape index (κ1) is 14.0. The van der Waals surface area contributed by atoms with E-state index in [4.69, 9.17) is 16.3 Å². The molecule has 0 bridgehead atoms. The number of nitrogens with zero attached hydrogens (tertiary/aromatic N) is 1. The van der Waals surface area contributed by atoms with E-state index in [1.54, 1.807) is 0 Å². The molecular formula is C13H7ClFNO4. The quantitative estimate of drug-likeness (QED) is 0.486. The minimum Gasteiger partial charge on any atom is -0.446 e. The molecule has 0 fully saturated rings. The summed E-state index contributed by atoms with van der Waals surface area (Å²) in [7, 11) is 0. The van der Waals surface area contributed by atoms with Crippen molar-refractivity contribution in [1.29, 1.82) is 0 Å². The van der Waals surface area contributed by atoms with E-state index < -0.39 is 16.4 Å². The molecule has 0 aliphatic carbocycles. The zero-order valence-corrected chi connectivity index (χ0v) is 10.6. The van der Waals surface area contributed by atoms with Crippen LogP contribution in [0.5, 0.6) is 11.5 Å². The van der Waals surface area contributed by atoms with Crippen LogP contribution in [-0.4, -0.2) is 11.2 Å². The van der Waals surface area contributed by atoms with Crippen molar-refractivity contribution >= 4 is 23.6 Å². The Hall–Kier alpha value is -2.47. The van der Waals surface area contributed by atoms with Crippen LogP contribution < -0.4 is 4.74 Å². The van der Waals surface area contributed by atoms with Gasteiger partial charge in [-0.25, -0.2) is 4.39 Å². The van der Waals surface area contributed by atoms with E-state index in [9.17, 15) is 19.3 Å². The van der Waals surface area contributed by atoms with Crippen LogP contribution in [0, 0.1) is 15.9 Å². The second-order valence-electron chi connectivity index (χ2n) is 3.75. The summed E-state index contributed by atoms with van der Waals surface area (Å²) in [5.74, 6) is -1.36. The minimum absolute atomic E-state index is 0.0470. The first-order valence-electron chi connectivity index (χ1n) is 5.38. The molecule has 0 radical (unpaired) electrons. The van der Waals surface area contributed by atoms with Gasteiger partial charge in [-0.1, -0.05) is 17.7 Å². The Kier molecular flexibility index (Phi) is 3.95. The van der Waals surface area contributed by atoms with Crippen molar-refractivity contribution in [2.75, 3.05) is 0 Å². The molecule has 7 heteroatoms. The summed E-state index contributed by atoms with van der Waals surface area (Å²) in [6.07, 6.45) is 0.403. The largest absolute Gasteiger partial charge is 0.446 e. The summed E-state index contributed by atoms with van der Waals surface area (Å²) in [6, 6.07) is 7.45. The molecule has 0 saturated heterocycles. The Bertz CT molecular complexity index is 690. The maximum absolute atomic E-state index is 13.7. The SMILES string of the molecule is O=Cc1cccc(F)c1Oc1ccc(Cl)cc1[N+](=O)[O-]. The fraction of sp³-hybridized carbons (Fsp3) is 0. The number of halogens is 2. The molecular weight excluding hydrogens is 289 g/mol. The van der Waals surface area contributed by atoms with Crippen LogP contribution in [0.4, 0.5) is 10.1 Å². The van der Waals surface area contributed by atoms with E-state index in [0.717, 1.165) is 12.1 Å². The Morgan fingerprint density at radius 2 is 2.05 bits per heavy atom. The number of nitro benzene ring substituents is 1. The second kappa shape index (κ2) is 5.66. The molecule has 2 aromatic carbocycles. The zero-order valence-electron chi connectivity index (χ0n) is 9.88. The summed E-state index contributed by atoms with van der Waals surface area (Å²) in [6.45, 7) is 0. The number of rotatable bonds is 4. The number of para-hydroxylation sites is 1. The van der Waals surface area contributed by atoms with Gasteiger partial charge in [-0.2, -0.15) is 0 Å². The molecule has 0 aliphatic rings. The van der Waals surface area contributed by atoms with Gasteiger partial charge in [-0.05, 0) is 24.3 Å². The number of benzene rings is 2. The molecule has 0 amide bonds. The van der Waals surface area contributed by atoms with Crippen LogP contribution in [0.1, 0.15) is 10.4 Å². The first-order chi connectivity index (χ1) is 9.52. The Morgan fingerprint density at radius 3 is 2.70 bits per heavy atom. The van der Waals surface area contributed by atoms with Gasteiger partial charge in [0.05, 0.1) is 10.5 Å². The van der Waals surface area contributed by atoms with Crippen LogP contribution in [-0.2, 0) is 0 Å². The molecule has 2 aromatic rings. The predicted octanol–water partition coefficient (Wildman–Crippen LogP) is 3.99. The molecule has 20 heavy (non-hydrogen) atoms. The number of aldehydes is 1. The molecule has 0 atom stereocenters. The summed E-state index contributed by atoms with van der Waals surface area (Å²) in [5.41, 5.74) is -0.466. The number of hydrogen-bond acceptors (Lipinski definition) is 4. The van der Waals surface area contributed by atoms with Crippen LogP contribution >= 0.6 is 11.6 Å². The van der Waals surface area contributed by atoms with Crippen LogP contribution in [0.25, 0.3) is 0 Å². The number of ether oxygens (including phenoxy) is 1. The fourth-order valence-electron chi connectivity index (χ4n) is 1.56. The van der Waals surface area contributed by atoms with Crippen molar-refractivity contribution in [3.8, 4) is 11.5 Å². The molecule has 0 unspecified atom stereocenters. The molecule has 0 spiro atoms. The van der Waals surface area contributed by atoms with Crippen molar-refractivity contribution in [1.82, 2.24) is 0 Å². The number of hydrogen-bond donors (Lipinski definition) is 0. The van der Waals surface area contributed by atoms with Gasteiger partial charge in [0.2, 0.25) is 5.75 Å². The molecule has 102 valence electrons. The third kappa shape index (κ3) is 2.75. The zero-order chi connectivity index (χ0) is 14.7. The normalized spacial score (nSPS) is 10.1. The molecule has 0 saturated carbocycles. The van der Waals surface area contributed by atoms with Gasteiger partial charge in [0.25, 0.3) is 0 Å². The second-order valence-corrected chi connectivity index (χ2v) is 4.18. The van der Waals surface area contributed by atoms with Crippen molar-refractivity contribution in [3.63, 3.8) is 0 Å². The number of nitro groups is 1. The highest BCUT2D eigenvalue weighted by atomic mass is 35.5. The topological polar surface area (TPSA) is 69.4 Å². The van der Waals surface area contributed by atoms with E-state index in [-0.39, 0.29) is 22.1 Å². The van der Waals surface area contributed by atoms with Crippen molar-refractivity contribution in [3.05, 3.63) is 62.9 Å². The standard InChI is InChI=1S/C13H7ClFNO4/c14-9-4-5-12(11(6-9)16(18)19)20-13-8(7-17)2-1-3-10(13)15/h1-7H. The maximum atomic E-state index is 13.7. The van der Waals surface area contributed by atoms with Gasteiger partial charge in [0.1, 0.15) is 0 Å². The molecule has 0 N–H and O–H groups in total. The van der Waals surface area contributed by atoms with Gasteiger partial charge in [-0.3, -0.25) is 14.9 Å². The van der Waals surface area contributed by atoms with Crippen LogP contribution in [0.15, 0.2) is 36.4 Å². The van der Waals surface area contributed by atoms with E-state index >= 15 is 0 Å². The molecule has 0 heterocycles. The van der Waals surface area contributed by atoms with Gasteiger partial charge in [0, 0.05) is 11.1 Å². The first-order valence-corrected chi connectivity index (χ1v) is 5.76. The van der Waals surface area contributed by atoms with Gasteiger partial charge < -0.3 is 4.74 Å². The van der Waals surface area contributed by atoms with Crippen LogP contribution in [0.2, 0.25) is 5.02 Å². The smallest absolute Gasteiger partial charge is 0.313 e. The summed E-state index contributed by atoms with van der Waals surface area (Å²) < 4.78 is 18.8. The highest BCUT2D eigenvalue weighted by molar-refractivity contribution is 6.30. The van der Waals surface area contributed by atoms with Crippen LogP contribution in [0.3, 0.4) is 0 Å². The lowest BCUT2D eigenvalue weighted by atomic mass is 10.2. The van der Waals surface area contributed by atoms with Crippen molar-refractivity contribution in [2.45, 2.75) is 0 Å². The van der Waals surface area contributed by atoms with E-state index in [0.29, 0.717) is 6.29 Å². The summed E-state index contributed by atoms with van der Waals surface area (Å²) in [5, 5.41) is 11.1. The highest BCUT2D eigenvalue weighted by Gasteiger charge is 2.19. The van der Waals surface area contributed by atoms with E-state index in [1.165, 1.54) is 24.3 Å². The Labute approximate surface area is 117 Å². The van der Waals surface area contributed by atoms with Crippen molar-refractivity contribution < 1.29 is 18.8 Å². The lowest BCUT2D eigenvalue weighted by Crippen LogP contribution is -1.97. The molecule has 0 aliphatic heterocycles. The third-order valence-corrected chi connectivity index (χ3v) is 2.69. The maximum Gasteiger partial charge on any atom is 0.313 e. The number of carbonyl (C=O) groups excluding carboxylic acids is 1. The van der Waals surface area contributed by atoms with E-state index in [1.807, 2.05) is 0 Å². The predicted molar refractivity (Wildman–Crippen MR) is 70.0 cm³/mol. The Balaban J connectivity index is 2.50. The summed E-state index contributed by atoms with van der Waals surface area (Å²) >= 11 is 5.66. The molecule has 2 rings (SSSR count). The fourth-order valence-corrected chi connectivity index (χ4v) is 1.72. The Morgan fingerprint density at radius 1 is 1.30 bits per heavy atom. The van der Waals surface area contributed by atoms with Gasteiger partial charge >= 0.3 is 5.69 Å². The molecule has 5 nitrogen and oxygen atoms in total. The average Bonchev–Trinajstić information content (AvgIpc) is 2.42. The molecule has 0 aromatic heterocycles. The lowest BCUT2D eigenvalue weighted by molar-refractivity contribution is -0.385. The van der Waals surface area contributed by atoms with Crippen molar-refractivity contribution in [2.24, 2.45) is 0 Å². The third-order valence-electron chi connectivity index (χ3n) is 2.45. The minimum atomic E-state index is -0.793. The number of carbonyl (C=O) groups is 1. The van der Waals surface area contributed by atoms with Gasteiger partial charge in [0.15, 0.2) is 17.9 Å². The van der Waals surface area contributed by atoms with E-state index in [2.05, 4.69) is 0 Å². The lowest BCUT2D eigenvalue weighted by Gasteiger charge is -2.09. The summed E-state index contributed by atoms with van der Waals surface area (Å²) in [4.78, 5) is 21.0. The van der Waals surface area contributed by atoms with Gasteiger partial charge in [-0.15, -0.1) is 0 Å². The highest BCUT2D eigenvalue weighted by Crippen LogP contribution is 2.35. The monoisotopic (exact) mass is 295 g/mol.